The number of nitrogens with zero attached hydrogens (tertiary/aromatic N) is 1. The Morgan fingerprint density at radius 3 is 2.63 bits per heavy atom. The summed E-state index contributed by atoms with van der Waals surface area (Å²) < 4.78 is 39.7. The minimum atomic E-state index is -3.65. The lowest BCUT2D eigenvalue weighted by atomic mass is 10.2. The number of halogens is 2. The van der Waals surface area contributed by atoms with E-state index in [1.807, 2.05) is 0 Å². The van der Waals surface area contributed by atoms with Crippen molar-refractivity contribution in [2.45, 2.75) is 30.3 Å². The fourth-order valence-corrected chi connectivity index (χ4v) is 3.54. The van der Waals surface area contributed by atoms with Gasteiger partial charge in [0, 0.05) is 19.6 Å². The van der Waals surface area contributed by atoms with Crippen LogP contribution >= 0.6 is 11.6 Å². The lowest BCUT2D eigenvalue weighted by molar-refractivity contribution is 0.463. The normalized spacial score (nSPS) is 16.1. The molecule has 0 heterocycles. The standard InChI is InChI=1S/C12H16ClFN2O2S/c1-15-7-8-5-10(6-11(14)12(8)13)19(17,18)16(2)9-3-4-9/h5-6,9,15H,3-4,7H2,1-2H3. The van der Waals surface area contributed by atoms with Gasteiger partial charge in [-0.3, -0.25) is 0 Å². The topological polar surface area (TPSA) is 49.4 Å². The smallest absolute Gasteiger partial charge is 0.243 e. The molecule has 1 aromatic rings. The van der Waals surface area contributed by atoms with E-state index in [4.69, 9.17) is 11.6 Å². The molecule has 1 N–H and O–H groups in total. The van der Waals surface area contributed by atoms with Crippen molar-refractivity contribution in [2.75, 3.05) is 14.1 Å². The summed E-state index contributed by atoms with van der Waals surface area (Å²) >= 11 is 5.83. The van der Waals surface area contributed by atoms with E-state index >= 15 is 0 Å². The van der Waals surface area contributed by atoms with Crippen LogP contribution in [0.1, 0.15) is 18.4 Å². The molecule has 1 fully saturated rings. The molecule has 0 radical (unpaired) electrons. The Hall–Kier alpha value is -0.690. The minimum Gasteiger partial charge on any atom is -0.316 e. The number of benzene rings is 1. The molecule has 4 nitrogen and oxygen atoms in total. The number of rotatable bonds is 5. The van der Waals surface area contributed by atoms with Crippen molar-refractivity contribution in [1.82, 2.24) is 9.62 Å². The van der Waals surface area contributed by atoms with Gasteiger partial charge in [-0.25, -0.2) is 12.8 Å². The van der Waals surface area contributed by atoms with Crippen molar-refractivity contribution in [3.05, 3.63) is 28.5 Å². The summed E-state index contributed by atoms with van der Waals surface area (Å²) in [4.78, 5) is -0.0472. The van der Waals surface area contributed by atoms with Gasteiger partial charge < -0.3 is 5.32 Å². The molecular formula is C12H16ClFN2O2S. The zero-order valence-electron chi connectivity index (χ0n) is 10.8. The lowest BCUT2D eigenvalue weighted by Gasteiger charge is -2.17. The van der Waals surface area contributed by atoms with Gasteiger partial charge in [0.15, 0.2) is 0 Å². The van der Waals surface area contributed by atoms with Crippen LogP contribution in [-0.2, 0) is 16.6 Å². The van der Waals surface area contributed by atoms with E-state index in [0.717, 1.165) is 18.9 Å². The summed E-state index contributed by atoms with van der Waals surface area (Å²) in [5.74, 6) is -0.711. The molecule has 0 aliphatic heterocycles. The molecule has 19 heavy (non-hydrogen) atoms. The third kappa shape index (κ3) is 2.91. The highest BCUT2D eigenvalue weighted by molar-refractivity contribution is 7.89. The van der Waals surface area contributed by atoms with E-state index in [1.54, 1.807) is 7.05 Å². The van der Waals surface area contributed by atoms with Gasteiger partial charge in [0.25, 0.3) is 0 Å². The Morgan fingerprint density at radius 2 is 2.11 bits per heavy atom. The van der Waals surface area contributed by atoms with E-state index in [1.165, 1.54) is 17.4 Å². The van der Waals surface area contributed by atoms with Gasteiger partial charge in [-0.15, -0.1) is 0 Å². The highest BCUT2D eigenvalue weighted by atomic mass is 35.5. The van der Waals surface area contributed by atoms with Crippen LogP contribution in [0.3, 0.4) is 0 Å². The van der Waals surface area contributed by atoms with Gasteiger partial charge in [-0.05, 0) is 37.6 Å². The predicted octanol–water partition coefficient (Wildman–Crippen LogP) is 1.98. The maximum atomic E-state index is 13.7. The summed E-state index contributed by atoms with van der Waals surface area (Å²) in [6, 6.07) is 2.45. The zero-order valence-corrected chi connectivity index (χ0v) is 12.4. The van der Waals surface area contributed by atoms with Gasteiger partial charge in [0.2, 0.25) is 10.0 Å². The van der Waals surface area contributed by atoms with Crippen molar-refractivity contribution in [2.24, 2.45) is 0 Å². The number of hydrogen-bond donors (Lipinski definition) is 1. The number of nitrogens with one attached hydrogen (secondary N) is 1. The fourth-order valence-electron chi connectivity index (χ4n) is 1.89. The third-order valence-electron chi connectivity index (χ3n) is 3.18. The Bertz CT molecular complexity index is 588. The first-order valence-electron chi connectivity index (χ1n) is 5.98. The second-order valence-electron chi connectivity index (χ2n) is 4.66. The Kier molecular flexibility index (Phi) is 4.15. The molecule has 0 saturated heterocycles. The monoisotopic (exact) mass is 306 g/mol. The SMILES string of the molecule is CNCc1cc(S(=O)(=O)N(C)C2CC2)cc(F)c1Cl. The minimum absolute atomic E-state index is 0.0384. The third-order valence-corrected chi connectivity index (χ3v) is 5.49. The van der Waals surface area contributed by atoms with E-state index in [0.29, 0.717) is 12.1 Å². The molecule has 2 rings (SSSR count). The second kappa shape index (κ2) is 5.36. The molecule has 0 bridgehead atoms. The summed E-state index contributed by atoms with van der Waals surface area (Å²) in [5, 5.41) is 2.80. The predicted molar refractivity (Wildman–Crippen MR) is 72.1 cm³/mol. The van der Waals surface area contributed by atoms with Gasteiger partial charge in [-0.2, -0.15) is 4.31 Å². The van der Waals surface area contributed by atoms with Gasteiger partial charge in [0.1, 0.15) is 5.82 Å². The summed E-state index contributed by atoms with van der Waals surface area (Å²) in [6.07, 6.45) is 1.71. The van der Waals surface area contributed by atoms with E-state index in [2.05, 4.69) is 5.32 Å². The van der Waals surface area contributed by atoms with Crippen LogP contribution in [0.15, 0.2) is 17.0 Å². The van der Waals surface area contributed by atoms with Crippen molar-refractivity contribution < 1.29 is 12.8 Å². The van der Waals surface area contributed by atoms with Crippen LogP contribution < -0.4 is 5.32 Å². The maximum absolute atomic E-state index is 13.7. The van der Waals surface area contributed by atoms with E-state index in [-0.39, 0.29) is 16.0 Å². The molecule has 1 aliphatic rings. The quantitative estimate of drug-likeness (QED) is 0.905. The Balaban J connectivity index is 2.44. The fraction of sp³-hybridized carbons (Fsp3) is 0.500. The Morgan fingerprint density at radius 1 is 1.47 bits per heavy atom. The Labute approximate surface area is 117 Å². The molecule has 0 unspecified atom stereocenters. The largest absolute Gasteiger partial charge is 0.316 e. The molecule has 0 spiro atoms. The van der Waals surface area contributed by atoms with Crippen molar-refractivity contribution in [3.8, 4) is 0 Å². The molecule has 1 saturated carbocycles. The number of hydrogen-bond acceptors (Lipinski definition) is 3. The molecule has 106 valence electrons. The van der Waals surface area contributed by atoms with Gasteiger partial charge >= 0.3 is 0 Å². The number of sulfonamides is 1. The van der Waals surface area contributed by atoms with Gasteiger partial charge in [-0.1, -0.05) is 11.6 Å². The first kappa shape index (κ1) is 14.7. The van der Waals surface area contributed by atoms with Crippen LogP contribution in [0.5, 0.6) is 0 Å². The average Bonchev–Trinajstić information content (AvgIpc) is 3.18. The molecule has 1 aliphatic carbocycles. The van der Waals surface area contributed by atoms with Gasteiger partial charge in [0.05, 0.1) is 9.92 Å². The highest BCUT2D eigenvalue weighted by Crippen LogP contribution is 2.32. The highest BCUT2D eigenvalue weighted by Gasteiger charge is 2.35. The lowest BCUT2D eigenvalue weighted by Crippen LogP contribution is -2.29. The molecule has 0 amide bonds. The van der Waals surface area contributed by atoms with Crippen molar-refractivity contribution in [3.63, 3.8) is 0 Å². The molecule has 0 aromatic heterocycles. The van der Waals surface area contributed by atoms with Crippen molar-refractivity contribution in [1.29, 1.82) is 0 Å². The molecule has 0 atom stereocenters. The summed E-state index contributed by atoms with van der Waals surface area (Å²) in [6.45, 7) is 0.312. The summed E-state index contributed by atoms with van der Waals surface area (Å²) in [7, 11) is -0.438. The van der Waals surface area contributed by atoms with Crippen molar-refractivity contribution >= 4 is 21.6 Å². The van der Waals surface area contributed by atoms with Crippen LogP contribution in [0.2, 0.25) is 5.02 Å². The first-order chi connectivity index (χ1) is 8.87. The van der Waals surface area contributed by atoms with Crippen LogP contribution in [0.25, 0.3) is 0 Å². The average molecular weight is 307 g/mol. The van der Waals surface area contributed by atoms with E-state index < -0.39 is 15.8 Å². The zero-order chi connectivity index (χ0) is 14.2. The maximum Gasteiger partial charge on any atom is 0.243 e. The van der Waals surface area contributed by atoms with Crippen LogP contribution in [-0.4, -0.2) is 32.9 Å². The van der Waals surface area contributed by atoms with Crippen LogP contribution in [0, 0.1) is 5.82 Å². The summed E-state index contributed by atoms with van der Waals surface area (Å²) in [5.41, 5.74) is 0.437. The molecule has 1 aromatic carbocycles. The first-order valence-corrected chi connectivity index (χ1v) is 7.80. The van der Waals surface area contributed by atoms with Crippen LogP contribution in [0.4, 0.5) is 4.39 Å². The van der Waals surface area contributed by atoms with E-state index in [9.17, 15) is 12.8 Å². The molecule has 7 heteroatoms. The second-order valence-corrected chi connectivity index (χ2v) is 7.04. The molecular weight excluding hydrogens is 291 g/mol.